The molecule has 0 aromatic carbocycles. The minimum absolute atomic E-state index is 0.246. The largest absolute Gasteiger partial charge is 0.495 e. The van der Waals surface area contributed by atoms with Crippen molar-refractivity contribution in [1.82, 2.24) is 9.97 Å². The van der Waals surface area contributed by atoms with Crippen LogP contribution in [0.5, 0.6) is 5.75 Å². The molecule has 0 amide bonds. The molecule has 0 spiro atoms. The number of aromatic amines is 2. The SMILES string of the molecule is COc1c[nH]c(-c2ccc(C=NC34CC5CC(CC(C5)C3)C4)[nH]2)c1. The van der Waals surface area contributed by atoms with Gasteiger partial charge in [0.1, 0.15) is 5.75 Å². The highest BCUT2D eigenvalue weighted by Crippen LogP contribution is 2.57. The Kier molecular flexibility index (Phi) is 3.15. The first kappa shape index (κ1) is 14.4. The fourth-order valence-corrected chi connectivity index (χ4v) is 5.72. The Bertz CT molecular complexity index is 734. The smallest absolute Gasteiger partial charge is 0.136 e. The molecule has 4 aliphatic rings. The van der Waals surface area contributed by atoms with Crippen LogP contribution in [0.15, 0.2) is 29.4 Å². The lowest BCUT2D eigenvalue weighted by Gasteiger charge is -2.54. The van der Waals surface area contributed by atoms with E-state index < -0.39 is 0 Å². The van der Waals surface area contributed by atoms with E-state index in [-0.39, 0.29) is 5.54 Å². The molecule has 6 rings (SSSR count). The summed E-state index contributed by atoms with van der Waals surface area (Å²) in [4.78, 5) is 11.8. The highest BCUT2D eigenvalue weighted by atomic mass is 16.5. The standard InChI is InChI=1S/C20H25N3O/c1-24-17-7-19(21-12-17)18-3-2-16(23-18)11-22-20-8-13-4-14(9-20)6-15(5-13)10-20/h2-3,7,11-15,21,23H,4-6,8-10H2,1H3. The predicted molar refractivity (Wildman–Crippen MR) is 95.6 cm³/mol. The highest BCUT2D eigenvalue weighted by Gasteiger charge is 2.50. The normalized spacial score (nSPS) is 34.3. The van der Waals surface area contributed by atoms with Crippen LogP contribution in [-0.2, 0) is 0 Å². The van der Waals surface area contributed by atoms with Crippen LogP contribution in [0, 0.1) is 17.8 Å². The first-order chi connectivity index (χ1) is 11.7. The average molecular weight is 323 g/mol. The van der Waals surface area contributed by atoms with Crippen molar-refractivity contribution < 1.29 is 4.74 Å². The minimum atomic E-state index is 0.246. The Morgan fingerprint density at radius 1 is 1.08 bits per heavy atom. The fourth-order valence-electron chi connectivity index (χ4n) is 5.72. The third-order valence-corrected chi connectivity index (χ3v) is 6.37. The molecule has 0 atom stereocenters. The van der Waals surface area contributed by atoms with Gasteiger partial charge in [-0.2, -0.15) is 0 Å². The number of methoxy groups -OCH3 is 1. The van der Waals surface area contributed by atoms with Gasteiger partial charge in [-0.1, -0.05) is 0 Å². The number of nitrogens with one attached hydrogen (secondary N) is 2. The quantitative estimate of drug-likeness (QED) is 0.805. The molecule has 2 aromatic rings. The summed E-state index contributed by atoms with van der Waals surface area (Å²) < 4.78 is 5.24. The number of hydrogen-bond acceptors (Lipinski definition) is 2. The second-order valence-electron chi connectivity index (χ2n) is 8.18. The molecule has 4 fully saturated rings. The van der Waals surface area contributed by atoms with E-state index in [2.05, 4.69) is 28.3 Å². The number of H-pyrrole nitrogens is 2. The van der Waals surface area contributed by atoms with Gasteiger partial charge in [-0.15, -0.1) is 0 Å². The van der Waals surface area contributed by atoms with E-state index in [1.165, 1.54) is 38.5 Å². The van der Waals surface area contributed by atoms with Gasteiger partial charge in [0.05, 0.1) is 29.7 Å². The molecule has 24 heavy (non-hydrogen) atoms. The molecule has 2 heterocycles. The predicted octanol–water partition coefficient (Wildman–Crippen LogP) is 4.41. The second-order valence-corrected chi connectivity index (χ2v) is 8.18. The van der Waals surface area contributed by atoms with E-state index in [1.807, 2.05) is 12.3 Å². The van der Waals surface area contributed by atoms with Gasteiger partial charge in [-0.3, -0.25) is 4.99 Å². The van der Waals surface area contributed by atoms with E-state index >= 15 is 0 Å². The molecule has 2 N–H and O–H groups in total. The Hall–Kier alpha value is -1.97. The van der Waals surface area contributed by atoms with Crippen molar-refractivity contribution in [3.8, 4) is 17.1 Å². The van der Waals surface area contributed by atoms with Crippen molar-refractivity contribution in [3.05, 3.63) is 30.1 Å². The first-order valence-corrected chi connectivity index (χ1v) is 9.18. The van der Waals surface area contributed by atoms with Gasteiger partial charge in [-0.05, 0) is 68.4 Å². The number of aliphatic imine (C=N–C) groups is 1. The van der Waals surface area contributed by atoms with Crippen LogP contribution in [0.25, 0.3) is 11.4 Å². The Morgan fingerprint density at radius 3 is 2.42 bits per heavy atom. The summed E-state index contributed by atoms with van der Waals surface area (Å²) in [6, 6.07) is 6.23. The zero-order valence-electron chi connectivity index (χ0n) is 14.2. The van der Waals surface area contributed by atoms with Gasteiger partial charge in [0.2, 0.25) is 0 Å². The van der Waals surface area contributed by atoms with Crippen LogP contribution >= 0.6 is 0 Å². The van der Waals surface area contributed by atoms with Crippen molar-refractivity contribution in [2.45, 2.75) is 44.1 Å². The molecule has 4 saturated carbocycles. The molecule has 0 radical (unpaired) electrons. The number of rotatable bonds is 4. The van der Waals surface area contributed by atoms with Crippen LogP contribution in [0.3, 0.4) is 0 Å². The monoisotopic (exact) mass is 323 g/mol. The van der Waals surface area contributed by atoms with E-state index in [9.17, 15) is 0 Å². The zero-order chi connectivity index (χ0) is 16.1. The zero-order valence-corrected chi connectivity index (χ0v) is 14.2. The molecule has 0 saturated heterocycles. The van der Waals surface area contributed by atoms with Gasteiger partial charge >= 0.3 is 0 Å². The molecule has 126 valence electrons. The summed E-state index contributed by atoms with van der Waals surface area (Å²) in [5, 5.41) is 0. The average Bonchev–Trinajstić information content (AvgIpc) is 3.21. The highest BCUT2D eigenvalue weighted by molar-refractivity contribution is 5.79. The Balaban J connectivity index is 1.36. The molecule has 2 aromatic heterocycles. The lowest BCUT2D eigenvalue weighted by Crippen LogP contribution is -2.49. The van der Waals surface area contributed by atoms with Crippen molar-refractivity contribution in [2.24, 2.45) is 22.7 Å². The van der Waals surface area contributed by atoms with Crippen molar-refractivity contribution >= 4 is 6.21 Å². The van der Waals surface area contributed by atoms with E-state index in [0.29, 0.717) is 0 Å². The molecule has 4 aliphatic carbocycles. The maximum atomic E-state index is 5.24. The second kappa shape index (κ2) is 5.27. The van der Waals surface area contributed by atoms with Crippen LogP contribution in [0.1, 0.15) is 44.2 Å². The van der Waals surface area contributed by atoms with E-state index in [1.54, 1.807) is 7.11 Å². The first-order valence-electron chi connectivity index (χ1n) is 9.18. The number of nitrogens with zero attached hydrogens (tertiary/aromatic N) is 1. The topological polar surface area (TPSA) is 53.2 Å². The van der Waals surface area contributed by atoms with Crippen LogP contribution in [0.4, 0.5) is 0 Å². The van der Waals surface area contributed by atoms with E-state index in [0.717, 1.165) is 40.6 Å². The van der Waals surface area contributed by atoms with Gasteiger partial charge < -0.3 is 14.7 Å². The molecule has 0 unspecified atom stereocenters. The minimum Gasteiger partial charge on any atom is -0.495 e. The maximum Gasteiger partial charge on any atom is 0.136 e. The Labute approximate surface area is 142 Å². The molecular formula is C20H25N3O. The fraction of sp³-hybridized carbons (Fsp3) is 0.550. The van der Waals surface area contributed by atoms with Gasteiger partial charge in [0, 0.05) is 18.5 Å². The van der Waals surface area contributed by atoms with Gasteiger partial charge in [0.25, 0.3) is 0 Å². The lowest BCUT2D eigenvalue weighted by atomic mass is 9.53. The lowest BCUT2D eigenvalue weighted by molar-refractivity contribution is 0.00194. The van der Waals surface area contributed by atoms with Crippen LogP contribution < -0.4 is 4.74 Å². The maximum absolute atomic E-state index is 5.24. The summed E-state index contributed by atoms with van der Waals surface area (Å²) in [5.74, 6) is 3.68. The van der Waals surface area contributed by atoms with Gasteiger partial charge in [-0.25, -0.2) is 0 Å². The molecule has 4 heteroatoms. The molecule has 4 bridgehead atoms. The summed E-state index contributed by atoms with van der Waals surface area (Å²) in [6.45, 7) is 0. The van der Waals surface area contributed by atoms with Crippen molar-refractivity contribution in [2.75, 3.05) is 7.11 Å². The molecular weight excluding hydrogens is 298 g/mol. The molecule has 4 nitrogen and oxygen atoms in total. The van der Waals surface area contributed by atoms with Crippen molar-refractivity contribution in [1.29, 1.82) is 0 Å². The van der Waals surface area contributed by atoms with E-state index in [4.69, 9.17) is 9.73 Å². The third-order valence-electron chi connectivity index (χ3n) is 6.37. The number of ether oxygens (including phenoxy) is 1. The summed E-state index contributed by atoms with van der Waals surface area (Å²) >= 11 is 0. The van der Waals surface area contributed by atoms with Gasteiger partial charge in [0.15, 0.2) is 0 Å². The number of hydrogen-bond donors (Lipinski definition) is 2. The summed E-state index contributed by atoms with van der Waals surface area (Å²) in [7, 11) is 1.69. The summed E-state index contributed by atoms with van der Waals surface area (Å²) in [5.41, 5.74) is 3.45. The van der Waals surface area contributed by atoms with Crippen LogP contribution in [-0.4, -0.2) is 28.8 Å². The third kappa shape index (κ3) is 2.40. The van der Waals surface area contributed by atoms with Crippen LogP contribution in [0.2, 0.25) is 0 Å². The van der Waals surface area contributed by atoms with Crippen molar-refractivity contribution in [3.63, 3.8) is 0 Å². The Morgan fingerprint density at radius 2 is 1.79 bits per heavy atom. The molecule has 0 aliphatic heterocycles. The number of aromatic nitrogens is 2. The summed E-state index contributed by atoms with van der Waals surface area (Å²) in [6.07, 6.45) is 12.3.